The lowest BCUT2D eigenvalue weighted by atomic mass is 9.71. The first kappa shape index (κ1) is 13.3. The van der Waals surface area contributed by atoms with E-state index >= 15 is 0 Å². The Hall–Kier alpha value is 1.28. The van der Waals surface area contributed by atoms with Crippen LogP contribution in [0, 0.1) is 5.41 Å². The monoisotopic (exact) mass is 362 g/mol. The molecule has 0 aromatic carbocycles. The standard InChI is InChI=1S/C10H14Br2Cl2/c1-9(3-4-11)6-10(2,14)8(13)5-7(9)12/h3-4,7-8H,5-6H2,1-2H3/b4-3+/t7-,8+,9+,10-/m1/s1. The minimum atomic E-state index is -0.312. The van der Waals surface area contributed by atoms with Gasteiger partial charge in [-0.25, -0.2) is 0 Å². The Balaban J connectivity index is 2.89. The maximum Gasteiger partial charge on any atom is 0.0590 e. The number of hydrogen-bond acceptors (Lipinski definition) is 0. The second-order valence-corrected chi connectivity index (χ2v) is 7.45. The zero-order valence-corrected chi connectivity index (χ0v) is 12.9. The normalized spacial score (nSPS) is 49.9. The molecule has 0 radical (unpaired) electrons. The van der Waals surface area contributed by atoms with Gasteiger partial charge in [-0.1, -0.05) is 44.9 Å². The van der Waals surface area contributed by atoms with Crippen molar-refractivity contribution in [2.45, 2.75) is 41.8 Å². The highest BCUT2D eigenvalue weighted by molar-refractivity contribution is 9.11. The van der Waals surface area contributed by atoms with Gasteiger partial charge in [0.25, 0.3) is 0 Å². The second-order valence-electron chi connectivity index (χ2n) is 4.42. The molecule has 0 spiro atoms. The molecule has 1 aliphatic carbocycles. The fourth-order valence-electron chi connectivity index (χ4n) is 1.97. The average molecular weight is 365 g/mol. The third-order valence-corrected chi connectivity index (χ3v) is 5.81. The lowest BCUT2D eigenvalue weighted by molar-refractivity contribution is 0.260. The molecular formula is C10H14Br2Cl2. The van der Waals surface area contributed by atoms with Gasteiger partial charge in [0.1, 0.15) is 0 Å². The summed E-state index contributed by atoms with van der Waals surface area (Å²) in [6, 6.07) is 0. The topological polar surface area (TPSA) is 0 Å². The van der Waals surface area contributed by atoms with Gasteiger partial charge in [0, 0.05) is 10.2 Å². The van der Waals surface area contributed by atoms with Gasteiger partial charge in [0.2, 0.25) is 0 Å². The van der Waals surface area contributed by atoms with Crippen molar-refractivity contribution < 1.29 is 0 Å². The first-order valence-corrected chi connectivity index (χ1v) is 7.21. The third-order valence-electron chi connectivity index (χ3n) is 2.95. The summed E-state index contributed by atoms with van der Waals surface area (Å²) in [5.41, 5.74) is 0.0748. The fraction of sp³-hybridized carbons (Fsp3) is 0.800. The third kappa shape index (κ3) is 2.69. The van der Waals surface area contributed by atoms with E-state index in [1.807, 2.05) is 11.9 Å². The molecule has 0 N–H and O–H groups in total. The Morgan fingerprint density at radius 2 is 2.00 bits per heavy atom. The van der Waals surface area contributed by atoms with Crippen LogP contribution in [0.2, 0.25) is 0 Å². The van der Waals surface area contributed by atoms with Gasteiger partial charge in [-0.3, -0.25) is 0 Å². The Bertz CT molecular complexity index is 240. The predicted molar refractivity (Wildman–Crippen MR) is 72.0 cm³/mol. The first-order valence-electron chi connectivity index (χ1n) is 4.57. The number of hydrogen-bond donors (Lipinski definition) is 0. The van der Waals surface area contributed by atoms with Crippen LogP contribution in [0.3, 0.4) is 0 Å². The largest absolute Gasteiger partial charge is 0.121 e. The molecular weight excluding hydrogens is 351 g/mol. The van der Waals surface area contributed by atoms with E-state index in [1.54, 1.807) is 0 Å². The molecule has 1 rings (SSSR count). The van der Waals surface area contributed by atoms with E-state index in [2.05, 4.69) is 44.9 Å². The molecule has 0 nitrogen and oxygen atoms in total. The van der Waals surface area contributed by atoms with Gasteiger partial charge in [0.15, 0.2) is 0 Å². The summed E-state index contributed by atoms with van der Waals surface area (Å²) in [6.07, 6.45) is 3.93. The molecule has 4 heteroatoms. The zero-order chi connectivity index (χ0) is 11.0. The van der Waals surface area contributed by atoms with Crippen molar-refractivity contribution in [2.24, 2.45) is 5.41 Å². The van der Waals surface area contributed by atoms with Crippen LogP contribution in [-0.2, 0) is 0 Å². The van der Waals surface area contributed by atoms with Crippen molar-refractivity contribution in [1.29, 1.82) is 0 Å². The van der Waals surface area contributed by atoms with E-state index in [0.29, 0.717) is 4.83 Å². The fourth-order valence-corrected chi connectivity index (χ4v) is 4.11. The Morgan fingerprint density at radius 3 is 2.50 bits per heavy atom. The highest BCUT2D eigenvalue weighted by Gasteiger charge is 2.47. The molecule has 14 heavy (non-hydrogen) atoms. The SMILES string of the molecule is C[C@]1(/C=C/Br)C[C@@](C)(Cl)[C@@H](Cl)C[C@H]1Br. The molecule has 82 valence electrons. The number of alkyl halides is 3. The molecule has 4 atom stereocenters. The Morgan fingerprint density at radius 1 is 1.43 bits per heavy atom. The molecule has 1 saturated carbocycles. The van der Waals surface area contributed by atoms with Gasteiger partial charge in [-0.2, -0.15) is 0 Å². The van der Waals surface area contributed by atoms with Crippen LogP contribution < -0.4 is 0 Å². The molecule has 0 saturated heterocycles. The second kappa shape index (κ2) is 4.65. The van der Waals surface area contributed by atoms with E-state index in [-0.39, 0.29) is 15.7 Å². The molecule has 0 aliphatic heterocycles. The summed E-state index contributed by atoms with van der Waals surface area (Å²) in [5, 5.41) is 0.0327. The highest BCUT2D eigenvalue weighted by Crippen LogP contribution is 2.50. The molecule has 0 aromatic rings. The van der Waals surface area contributed by atoms with Crippen molar-refractivity contribution >= 4 is 55.1 Å². The summed E-state index contributed by atoms with van der Waals surface area (Å²) in [5.74, 6) is 0. The van der Waals surface area contributed by atoms with E-state index in [1.165, 1.54) is 0 Å². The van der Waals surface area contributed by atoms with Crippen molar-refractivity contribution in [2.75, 3.05) is 0 Å². The number of rotatable bonds is 1. The molecule has 1 aliphatic rings. The molecule has 0 bridgehead atoms. The minimum Gasteiger partial charge on any atom is -0.121 e. The van der Waals surface area contributed by atoms with E-state index in [4.69, 9.17) is 23.2 Å². The molecule has 0 heterocycles. The smallest absolute Gasteiger partial charge is 0.0590 e. The van der Waals surface area contributed by atoms with Crippen LogP contribution in [-0.4, -0.2) is 15.1 Å². The van der Waals surface area contributed by atoms with Crippen LogP contribution in [0.5, 0.6) is 0 Å². The van der Waals surface area contributed by atoms with Crippen LogP contribution in [0.25, 0.3) is 0 Å². The van der Waals surface area contributed by atoms with Crippen LogP contribution in [0.4, 0.5) is 0 Å². The quantitative estimate of drug-likeness (QED) is 0.570. The number of allylic oxidation sites excluding steroid dienone is 1. The van der Waals surface area contributed by atoms with Crippen LogP contribution >= 0.6 is 55.1 Å². The predicted octanol–water partition coefficient (Wildman–Crippen LogP) is 5.06. The Kier molecular flexibility index (Phi) is 4.43. The van der Waals surface area contributed by atoms with Crippen molar-refractivity contribution in [3.8, 4) is 0 Å². The molecule has 0 aromatic heterocycles. The van der Waals surface area contributed by atoms with Gasteiger partial charge in [0.05, 0.1) is 10.3 Å². The lowest BCUT2D eigenvalue weighted by Crippen LogP contribution is -2.46. The summed E-state index contributed by atoms with van der Waals surface area (Å²) >= 11 is 19.7. The molecule has 1 fully saturated rings. The summed E-state index contributed by atoms with van der Waals surface area (Å²) in [4.78, 5) is 1.98. The molecule has 0 unspecified atom stereocenters. The first-order chi connectivity index (χ1) is 6.32. The lowest BCUT2D eigenvalue weighted by Gasteiger charge is -2.46. The average Bonchev–Trinajstić information content (AvgIpc) is 2.01. The summed E-state index contributed by atoms with van der Waals surface area (Å²) < 4.78 is 0. The summed E-state index contributed by atoms with van der Waals surface area (Å²) in [7, 11) is 0. The van der Waals surface area contributed by atoms with Crippen LogP contribution in [0.15, 0.2) is 11.1 Å². The van der Waals surface area contributed by atoms with E-state index in [0.717, 1.165) is 12.8 Å². The van der Waals surface area contributed by atoms with Gasteiger partial charge >= 0.3 is 0 Å². The number of halogens is 4. The Labute approximate surface area is 113 Å². The van der Waals surface area contributed by atoms with Crippen molar-refractivity contribution in [3.63, 3.8) is 0 Å². The van der Waals surface area contributed by atoms with E-state index < -0.39 is 0 Å². The molecule has 0 amide bonds. The summed E-state index contributed by atoms with van der Waals surface area (Å²) in [6.45, 7) is 4.22. The highest BCUT2D eigenvalue weighted by atomic mass is 79.9. The zero-order valence-electron chi connectivity index (χ0n) is 8.24. The van der Waals surface area contributed by atoms with Crippen molar-refractivity contribution in [1.82, 2.24) is 0 Å². The van der Waals surface area contributed by atoms with Gasteiger partial charge in [-0.15, -0.1) is 23.2 Å². The van der Waals surface area contributed by atoms with E-state index in [9.17, 15) is 0 Å². The van der Waals surface area contributed by atoms with Gasteiger partial charge in [-0.05, 0) is 24.8 Å². The maximum atomic E-state index is 6.41. The van der Waals surface area contributed by atoms with Crippen molar-refractivity contribution in [3.05, 3.63) is 11.1 Å². The maximum absolute atomic E-state index is 6.41. The van der Waals surface area contributed by atoms with Crippen LogP contribution in [0.1, 0.15) is 26.7 Å². The minimum absolute atomic E-state index is 0.0327. The van der Waals surface area contributed by atoms with Gasteiger partial charge < -0.3 is 0 Å².